The first kappa shape index (κ1) is 9.14. The summed E-state index contributed by atoms with van der Waals surface area (Å²) in [6.07, 6.45) is 1.06. The number of anilines is 1. The van der Waals surface area contributed by atoms with Gasteiger partial charge in [-0.1, -0.05) is 0 Å². The number of aromatic amines is 1. The molecule has 0 fully saturated rings. The zero-order valence-electron chi connectivity index (χ0n) is 6.23. The number of nitrogen functional groups attached to an aromatic ring is 1. The Labute approximate surface area is 74.6 Å². The van der Waals surface area contributed by atoms with Gasteiger partial charge in [0.15, 0.2) is 14.6 Å². The lowest BCUT2D eigenvalue weighted by Crippen LogP contribution is -2.03. The molecule has 7 heteroatoms. The Bertz CT molecular complexity index is 448. The summed E-state index contributed by atoms with van der Waals surface area (Å²) >= 11 is 4.64. The summed E-state index contributed by atoms with van der Waals surface area (Å²) in [5, 5.41) is -0.0139. The van der Waals surface area contributed by atoms with Crippen LogP contribution in [-0.2, 0) is 9.84 Å². The first-order valence-corrected chi connectivity index (χ1v) is 5.26. The Balaban J connectivity index is 3.48. The van der Waals surface area contributed by atoms with Crippen LogP contribution in [0, 0.1) is 4.77 Å². The summed E-state index contributed by atoms with van der Waals surface area (Å²) < 4.78 is 22.0. The van der Waals surface area contributed by atoms with Crippen molar-refractivity contribution in [1.82, 2.24) is 9.97 Å². The normalized spacial score (nSPS) is 11.4. The first-order valence-electron chi connectivity index (χ1n) is 2.96. The van der Waals surface area contributed by atoms with Gasteiger partial charge in [-0.15, -0.1) is 0 Å². The van der Waals surface area contributed by atoms with E-state index < -0.39 is 9.84 Å². The third-order valence-corrected chi connectivity index (χ3v) is 2.35. The smallest absolute Gasteiger partial charge is 0.199 e. The molecule has 0 bridgehead atoms. The number of aromatic nitrogens is 2. The summed E-state index contributed by atoms with van der Waals surface area (Å²) in [6.45, 7) is 0. The van der Waals surface area contributed by atoms with E-state index in [-0.39, 0.29) is 15.6 Å². The highest BCUT2D eigenvalue weighted by atomic mass is 32.2. The predicted molar refractivity (Wildman–Crippen MR) is 46.9 cm³/mol. The van der Waals surface area contributed by atoms with Crippen molar-refractivity contribution in [3.8, 4) is 0 Å². The molecule has 12 heavy (non-hydrogen) atoms. The van der Waals surface area contributed by atoms with Gasteiger partial charge in [0, 0.05) is 12.3 Å². The molecule has 5 nitrogen and oxygen atoms in total. The zero-order chi connectivity index (χ0) is 9.35. The van der Waals surface area contributed by atoms with Gasteiger partial charge in [0.25, 0.3) is 0 Å². The molecule has 0 saturated carbocycles. The second kappa shape index (κ2) is 2.83. The second-order valence-corrected chi connectivity index (χ2v) is 4.62. The topological polar surface area (TPSA) is 88.8 Å². The Kier molecular flexibility index (Phi) is 2.16. The molecule has 66 valence electrons. The lowest BCUT2D eigenvalue weighted by Gasteiger charge is -1.98. The van der Waals surface area contributed by atoms with Crippen molar-refractivity contribution in [2.45, 2.75) is 5.03 Å². The van der Waals surface area contributed by atoms with Crippen molar-refractivity contribution >= 4 is 27.9 Å². The quantitative estimate of drug-likeness (QED) is 0.502. The molecule has 1 heterocycles. The van der Waals surface area contributed by atoms with E-state index >= 15 is 0 Å². The van der Waals surface area contributed by atoms with Gasteiger partial charge in [-0.25, -0.2) is 13.4 Å². The van der Waals surface area contributed by atoms with Crippen LogP contribution < -0.4 is 5.73 Å². The van der Waals surface area contributed by atoms with Crippen LogP contribution in [0.4, 0.5) is 5.82 Å². The molecular weight excluding hydrogens is 198 g/mol. The summed E-state index contributed by atoms with van der Waals surface area (Å²) in [4.78, 5) is 6.04. The van der Waals surface area contributed by atoms with Gasteiger partial charge in [-0.3, -0.25) is 0 Å². The Morgan fingerprint density at radius 3 is 2.67 bits per heavy atom. The van der Waals surface area contributed by atoms with Crippen LogP contribution in [0.15, 0.2) is 11.1 Å². The number of sulfone groups is 1. The van der Waals surface area contributed by atoms with Gasteiger partial charge in [0.1, 0.15) is 10.8 Å². The lowest BCUT2D eigenvalue weighted by molar-refractivity contribution is 0.597. The van der Waals surface area contributed by atoms with Crippen molar-refractivity contribution in [3.63, 3.8) is 0 Å². The van der Waals surface area contributed by atoms with Crippen molar-refractivity contribution < 1.29 is 8.42 Å². The molecule has 1 rings (SSSR count). The highest BCUT2D eigenvalue weighted by molar-refractivity contribution is 7.90. The number of nitrogens with one attached hydrogen (secondary N) is 1. The molecule has 0 saturated heterocycles. The van der Waals surface area contributed by atoms with Crippen LogP contribution in [0.25, 0.3) is 0 Å². The van der Waals surface area contributed by atoms with E-state index in [9.17, 15) is 8.42 Å². The molecule has 0 atom stereocenters. The minimum atomic E-state index is -3.29. The van der Waals surface area contributed by atoms with E-state index in [2.05, 4.69) is 22.2 Å². The molecule has 0 amide bonds. The maximum Gasteiger partial charge on any atom is 0.199 e. The first-order chi connectivity index (χ1) is 5.39. The van der Waals surface area contributed by atoms with Crippen LogP contribution in [0.1, 0.15) is 0 Å². The predicted octanol–water partition coefficient (Wildman–Crippen LogP) is 0.125. The summed E-state index contributed by atoms with van der Waals surface area (Å²) in [6, 6.07) is 1.23. The molecule has 1 aromatic heterocycles. The molecule has 3 N–H and O–H groups in total. The van der Waals surface area contributed by atoms with Crippen LogP contribution >= 0.6 is 12.2 Å². The standard InChI is InChI=1S/C5H7N3O2S2/c1-12(9,10)4-2-3(6)7-5(11)8-4/h2H,1H3,(H3,6,7,8,11). The Morgan fingerprint density at radius 1 is 1.67 bits per heavy atom. The van der Waals surface area contributed by atoms with Crippen LogP contribution in [0.2, 0.25) is 0 Å². The van der Waals surface area contributed by atoms with Gasteiger partial charge in [-0.05, 0) is 12.2 Å². The fourth-order valence-corrected chi connectivity index (χ4v) is 1.55. The number of hydrogen-bond donors (Lipinski definition) is 2. The number of nitrogens with zero attached hydrogens (tertiary/aromatic N) is 1. The molecule has 0 aromatic carbocycles. The fraction of sp³-hybridized carbons (Fsp3) is 0.200. The molecule has 0 radical (unpaired) electrons. The van der Waals surface area contributed by atoms with Gasteiger partial charge in [-0.2, -0.15) is 0 Å². The van der Waals surface area contributed by atoms with Crippen LogP contribution in [0.3, 0.4) is 0 Å². The third-order valence-electron chi connectivity index (χ3n) is 1.14. The van der Waals surface area contributed by atoms with E-state index in [0.29, 0.717) is 0 Å². The number of nitrogens with two attached hydrogens (primary N) is 1. The van der Waals surface area contributed by atoms with Crippen LogP contribution in [-0.4, -0.2) is 24.6 Å². The second-order valence-electron chi connectivity index (χ2n) is 2.25. The number of H-pyrrole nitrogens is 1. The molecule has 0 unspecified atom stereocenters. The largest absolute Gasteiger partial charge is 0.384 e. The third kappa shape index (κ3) is 2.02. The number of hydrogen-bond acceptors (Lipinski definition) is 5. The molecule has 0 aliphatic rings. The maximum absolute atomic E-state index is 11.0. The minimum absolute atomic E-state index is 0.0139. The minimum Gasteiger partial charge on any atom is -0.384 e. The maximum atomic E-state index is 11.0. The zero-order valence-corrected chi connectivity index (χ0v) is 7.87. The molecular formula is C5H7N3O2S2. The van der Waals surface area contributed by atoms with Crippen molar-refractivity contribution in [2.75, 3.05) is 12.0 Å². The van der Waals surface area contributed by atoms with E-state index in [0.717, 1.165) is 6.26 Å². The SMILES string of the molecule is CS(=O)(=O)c1cc(N)nc(=S)[nH]1. The van der Waals surface area contributed by atoms with Crippen LogP contribution in [0.5, 0.6) is 0 Å². The highest BCUT2D eigenvalue weighted by Gasteiger charge is 2.07. The van der Waals surface area contributed by atoms with Crippen molar-refractivity contribution in [1.29, 1.82) is 0 Å². The van der Waals surface area contributed by atoms with Crippen molar-refractivity contribution in [2.24, 2.45) is 0 Å². The molecule has 0 aliphatic carbocycles. The highest BCUT2D eigenvalue weighted by Crippen LogP contribution is 2.06. The Hall–Kier alpha value is -0.950. The van der Waals surface area contributed by atoms with Gasteiger partial charge in [0.05, 0.1) is 0 Å². The number of rotatable bonds is 1. The van der Waals surface area contributed by atoms with Gasteiger partial charge in [0.2, 0.25) is 0 Å². The summed E-state index contributed by atoms with van der Waals surface area (Å²) in [5.41, 5.74) is 5.29. The van der Waals surface area contributed by atoms with Crippen molar-refractivity contribution in [3.05, 3.63) is 10.8 Å². The fourth-order valence-electron chi connectivity index (χ4n) is 0.653. The monoisotopic (exact) mass is 205 g/mol. The van der Waals surface area contributed by atoms with Gasteiger partial charge < -0.3 is 10.7 Å². The van der Waals surface area contributed by atoms with E-state index in [1.54, 1.807) is 0 Å². The lowest BCUT2D eigenvalue weighted by atomic mass is 10.6. The van der Waals surface area contributed by atoms with E-state index in [4.69, 9.17) is 5.73 Å². The summed E-state index contributed by atoms with van der Waals surface area (Å²) in [5.74, 6) is 0.0965. The molecule has 0 aliphatic heterocycles. The average Bonchev–Trinajstić information content (AvgIpc) is 1.82. The molecule has 1 aromatic rings. The van der Waals surface area contributed by atoms with E-state index in [1.165, 1.54) is 6.07 Å². The average molecular weight is 205 g/mol. The Morgan fingerprint density at radius 2 is 2.25 bits per heavy atom. The molecule has 0 spiro atoms. The summed E-state index contributed by atoms with van der Waals surface area (Å²) in [7, 11) is -3.29. The van der Waals surface area contributed by atoms with E-state index in [1.807, 2.05) is 0 Å². The van der Waals surface area contributed by atoms with Gasteiger partial charge >= 0.3 is 0 Å².